The number of amides is 4. The lowest BCUT2D eigenvalue weighted by Crippen LogP contribution is -2.48. The molecule has 1 aliphatic rings. The molecule has 1 aliphatic heterocycles. The number of urea groups is 1. The Morgan fingerprint density at radius 3 is 2.57 bits per heavy atom. The van der Waals surface area contributed by atoms with Crippen molar-refractivity contribution in [1.82, 2.24) is 15.0 Å². The first-order valence-electron chi connectivity index (χ1n) is 14.0. The summed E-state index contributed by atoms with van der Waals surface area (Å²) in [5.41, 5.74) is 3.15. The van der Waals surface area contributed by atoms with Crippen LogP contribution >= 0.6 is 0 Å². The molecule has 2 aromatic carbocycles. The number of aliphatic hydroxyl groups excluding tert-OH is 1. The van der Waals surface area contributed by atoms with Gasteiger partial charge in [-0.3, -0.25) is 9.59 Å². The molecule has 0 bridgehead atoms. The minimum atomic E-state index is -0.484. The molecule has 0 unspecified atom stereocenters. The van der Waals surface area contributed by atoms with Crippen LogP contribution in [0.5, 0.6) is 5.75 Å². The molecule has 0 fully saturated rings. The van der Waals surface area contributed by atoms with Gasteiger partial charge >= 0.3 is 6.03 Å². The van der Waals surface area contributed by atoms with Crippen molar-refractivity contribution < 1.29 is 28.8 Å². The SMILES string of the molecule is Cc1noc(C)c1NC(=O)N(C)C[C@@H]1Oc2ccc(NC(=O)Cc3ccccc3)cc2CC(=O)N([C@H](C)CO)C[C@@H]1C. The van der Waals surface area contributed by atoms with Crippen molar-refractivity contribution in [2.45, 2.75) is 52.7 Å². The van der Waals surface area contributed by atoms with Crippen LogP contribution in [0.3, 0.4) is 0 Å². The van der Waals surface area contributed by atoms with E-state index in [0.717, 1.165) is 5.56 Å². The molecule has 0 radical (unpaired) electrons. The second-order valence-electron chi connectivity index (χ2n) is 10.9. The molecule has 1 aromatic heterocycles. The zero-order valence-electron chi connectivity index (χ0n) is 24.7. The third kappa shape index (κ3) is 7.47. The van der Waals surface area contributed by atoms with E-state index in [1.54, 1.807) is 50.9 Å². The van der Waals surface area contributed by atoms with Crippen molar-refractivity contribution in [3.63, 3.8) is 0 Å². The van der Waals surface area contributed by atoms with Crippen LogP contribution in [0.2, 0.25) is 0 Å². The van der Waals surface area contributed by atoms with E-state index in [1.165, 1.54) is 4.90 Å². The molecular formula is C31H39N5O6. The molecular weight excluding hydrogens is 538 g/mol. The predicted molar refractivity (Wildman–Crippen MR) is 158 cm³/mol. The van der Waals surface area contributed by atoms with Crippen LogP contribution in [0.15, 0.2) is 53.1 Å². The fraction of sp³-hybridized carbons (Fsp3) is 0.419. The maximum atomic E-state index is 13.5. The van der Waals surface area contributed by atoms with E-state index in [0.29, 0.717) is 40.7 Å². The zero-order valence-corrected chi connectivity index (χ0v) is 24.7. The molecule has 11 nitrogen and oxygen atoms in total. The highest BCUT2D eigenvalue weighted by Crippen LogP contribution is 2.29. The number of nitrogens with one attached hydrogen (secondary N) is 2. The molecule has 4 amide bonds. The summed E-state index contributed by atoms with van der Waals surface area (Å²) in [4.78, 5) is 42.4. The maximum Gasteiger partial charge on any atom is 0.321 e. The average molecular weight is 578 g/mol. The lowest BCUT2D eigenvalue weighted by molar-refractivity contribution is -0.134. The van der Waals surface area contributed by atoms with E-state index in [4.69, 9.17) is 9.26 Å². The van der Waals surface area contributed by atoms with Crippen LogP contribution in [-0.4, -0.2) is 76.8 Å². The summed E-state index contributed by atoms with van der Waals surface area (Å²) >= 11 is 0. The summed E-state index contributed by atoms with van der Waals surface area (Å²) in [5.74, 6) is 0.484. The van der Waals surface area contributed by atoms with E-state index in [-0.39, 0.29) is 49.8 Å². The number of likely N-dealkylation sites (N-methyl/N-ethyl adjacent to an activating group) is 1. The fourth-order valence-electron chi connectivity index (χ4n) is 4.93. The number of rotatable bonds is 8. The van der Waals surface area contributed by atoms with E-state index >= 15 is 0 Å². The lowest BCUT2D eigenvalue weighted by atomic mass is 10.0. The van der Waals surface area contributed by atoms with Gasteiger partial charge in [0.1, 0.15) is 23.2 Å². The second-order valence-corrected chi connectivity index (χ2v) is 10.9. The van der Waals surface area contributed by atoms with Gasteiger partial charge in [0.2, 0.25) is 11.8 Å². The Morgan fingerprint density at radius 2 is 1.90 bits per heavy atom. The zero-order chi connectivity index (χ0) is 30.4. The number of carbonyl (C=O) groups excluding carboxylic acids is 3. The highest BCUT2D eigenvalue weighted by atomic mass is 16.5. The molecule has 3 N–H and O–H groups in total. The van der Waals surface area contributed by atoms with E-state index < -0.39 is 12.1 Å². The number of aromatic nitrogens is 1. The van der Waals surface area contributed by atoms with Gasteiger partial charge in [-0.25, -0.2) is 4.79 Å². The second kappa shape index (κ2) is 13.5. The van der Waals surface area contributed by atoms with Crippen molar-refractivity contribution in [3.05, 3.63) is 71.1 Å². The number of hydrogen-bond donors (Lipinski definition) is 3. The molecule has 3 aromatic rings. The molecule has 11 heteroatoms. The maximum absolute atomic E-state index is 13.5. The third-order valence-corrected chi connectivity index (χ3v) is 7.47. The molecule has 0 aliphatic carbocycles. The molecule has 3 atom stereocenters. The number of aryl methyl sites for hydroxylation is 2. The summed E-state index contributed by atoms with van der Waals surface area (Å²) in [6, 6.07) is 13.9. The number of carbonyl (C=O) groups is 3. The number of benzene rings is 2. The first kappa shape index (κ1) is 30.6. The fourth-order valence-corrected chi connectivity index (χ4v) is 4.93. The standard InChI is InChI=1S/C31H39N5O6/c1-19-16-36(20(2)18-37)29(39)15-24-14-25(32-28(38)13-23-9-7-6-8-10-23)11-12-26(24)41-27(19)17-35(5)31(40)33-30-21(3)34-42-22(30)4/h6-12,14,19-20,27,37H,13,15-18H2,1-5H3,(H,32,38)(H,33,40)/t19-,20+,27-/m0/s1. The Balaban J connectivity index is 1.56. The lowest BCUT2D eigenvalue weighted by Gasteiger charge is -2.34. The highest BCUT2D eigenvalue weighted by molar-refractivity contribution is 5.93. The number of anilines is 2. The minimum Gasteiger partial charge on any atom is -0.488 e. The Morgan fingerprint density at radius 1 is 1.17 bits per heavy atom. The molecule has 4 rings (SSSR count). The number of hydrogen-bond acceptors (Lipinski definition) is 7. The quantitative estimate of drug-likeness (QED) is 0.371. The first-order valence-corrected chi connectivity index (χ1v) is 14.0. The molecule has 42 heavy (non-hydrogen) atoms. The van der Waals surface area contributed by atoms with Crippen molar-refractivity contribution in [1.29, 1.82) is 0 Å². The number of fused-ring (bicyclic) bond motifs is 1. The Hall–Kier alpha value is -4.38. The van der Waals surface area contributed by atoms with Crippen LogP contribution in [0.1, 0.15) is 36.4 Å². The van der Waals surface area contributed by atoms with Crippen molar-refractivity contribution in [2.75, 3.05) is 37.4 Å². The van der Waals surface area contributed by atoms with Gasteiger partial charge in [0, 0.05) is 30.8 Å². The number of nitrogens with zero attached hydrogens (tertiary/aromatic N) is 3. The molecule has 0 spiro atoms. The highest BCUT2D eigenvalue weighted by Gasteiger charge is 2.32. The first-order chi connectivity index (χ1) is 20.0. The number of ether oxygens (including phenoxy) is 1. The van der Waals surface area contributed by atoms with Gasteiger partial charge in [0.05, 0.1) is 32.0 Å². The monoisotopic (exact) mass is 577 g/mol. The summed E-state index contributed by atoms with van der Waals surface area (Å²) in [5, 5.41) is 19.5. The van der Waals surface area contributed by atoms with Crippen LogP contribution in [0, 0.1) is 19.8 Å². The summed E-state index contributed by atoms with van der Waals surface area (Å²) < 4.78 is 11.6. The molecule has 0 saturated heterocycles. The van der Waals surface area contributed by atoms with Gasteiger partial charge < -0.3 is 34.8 Å². The van der Waals surface area contributed by atoms with Crippen LogP contribution < -0.4 is 15.4 Å². The molecule has 224 valence electrons. The Labute approximate surface area is 245 Å². The van der Waals surface area contributed by atoms with Crippen molar-refractivity contribution in [3.8, 4) is 5.75 Å². The van der Waals surface area contributed by atoms with E-state index in [1.807, 2.05) is 37.3 Å². The number of aliphatic hydroxyl groups is 1. The Bertz CT molecular complexity index is 1390. The van der Waals surface area contributed by atoms with Crippen LogP contribution in [0.25, 0.3) is 0 Å². The summed E-state index contributed by atoms with van der Waals surface area (Å²) in [6.45, 7) is 7.59. The van der Waals surface area contributed by atoms with Gasteiger partial charge in [-0.1, -0.05) is 42.4 Å². The predicted octanol–water partition coefficient (Wildman–Crippen LogP) is 3.79. The van der Waals surface area contributed by atoms with E-state index in [9.17, 15) is 19.5 Å². The summed E-state index contributed by atoms with van der Waals surface area (Å²) in [6.07, 6.45) is -0.233. The van der Waals surface area contributed by atoms with Gasteiger partial charge in [0.15, 0.2) is 5.76 Å². The average Bonchev–Trinajstić information content (AvgIpc) is 3.29. The van der Waals surface area contributed by atoms with Crippen LogP contribution in [0.4, 0.5) is 16.2 Å². The van der Waals surface area contributed by atoms with Gasteiger partial charge in [-0.2, -0.15) is 0 Å². The minimum absolute atomic E-state index is 0.0316. The largest absolute Gasteiger partial charge is 0.488 e. The van der Waals surface area contributed by atoms with Gasteiger partial charge in [-0.15, -0.1) is 0 Å². The smallest absolute Gasteiger partial charge is 0.321 e. The van der Waals surface area contributed by atoms with E-state index in [2.05, 4.69) is 15.8 Å². The normalized spacial score (nSPS) is 17.7. The Kier molecular flexibility index (Phi) is 9.84. The molecule has 0 saturated carbocycles. The van der Waals surface area contributed by atoms with Crippen LogP contribution in [-0.2, 0) is 22.4 Å². The van der Waals surface area contributed by atoms with Crippen molar-refractivity contribution >= 4 is 29.2 Å². The third-order valence-electron chi connectivity index (χ3n) is 7.47. The molecule has 2 heterocycles. The van der Waals surface area contributed by atoms with Gasteiger partial charge in [-0.05, 0) is 44.5 Å². The topological polar surface area (TPSA) is 137 Å². The van der Waals surface area contributed by atoms with Crippen molar-refractivity contribution in [2.24, 2.45) is 5.92 Å². The van der Waals surface area contributed by atoms with Gasteiger partial charge in [0.25, 0.3) is 0 Å². The summed E-state index contributed by atoms with van der Waals surface area (Å²) in [7, 11) is 1.67.